The quantitative estimate of drug-likeness (QED) is 0.628. The second-order valence-corrected chi connectivity index (χ2v) is 3.89. The van der Waals surface area contributed by atoms with Gasteiger partial charge in [0, 0.05) is 17.3 Å². The zero-order valence-corrected chi connectivity index (χ0v) is 9.91. The lowest BCUT2D eigenvalue weighted by Gasteiger charge is -2.11. The van der Waals surface area contributed by atoms with Crippen molar-refractivity contribution in [2.45, 2.75) is 19.9 Å². The predicted octanol–water partition coefficient (Wildman–Crippen LogP) is 1.59. The molecule has 8 heteroatoms. The number of benzene rings is 1. The molecule has 0 saturated heterocycles. The van der Waals surface area contributed by atoms with Crippen molar-refractivity contribution in [3.63, 3.8) is 0 Å². The first kappa shape index (κ1) is 12.0. The predicted molar refractivity (Wildman–Crippen MR) is 64.0 cm³/mol. The standard InChI is InChI=1S/C10H12N6O2/c1-6-5-8(3-4-9(6)16(17)18)11-7(2)10-12-14-15-13-10/h3-5,7,11H,1-2H3,(H,12,13,14,15). The molecule has 0 bridgehead atoms. The third-order valence-electron chi connectivity index (χ3n) is 2.53. The van der Waals surface area contributed by atoms with Gasteiger partial charge in [0.15, 0.2) is 5.82 Å². The fourth-order valence-electron chi connectivity index (χ4n) is 1.62. The molecular formula is C10H12N6O2. The van der Waals surface area contributed by atoms with E-state index in [-0.39, 0.29) is 11.7 Å². The first-order valence-electron chi connectivity index (χ1n) is 5.33. The lowest BCUT2D eigenvalue weighted by molar-refractivity contribution is -0.385. The third kappa shape index (κ3) is 2.42. The van der Waals surface area contributed by atoms with Gasteiger partial charge in [0.1, 0.15) is 0 Å². The molecule has 94 valence electrons. The summed E-state index contributed by atoms with van der Waals surface area (Å²) in [7, 11) is 0. The maximum Gasteiger partial charge on any atom is 0.272 e. The van der Waals surface area contributed by atoms with Crippen LogP contribution in [0.4, 0.5) is 11.4 Å². The van der Waals surface area contributed by atoms with E-state index in [1.807, 2.05) is 6.92 Å². The fraction of sp³-hybridized carbons (Fsp3) is 0.300. The van der Waals surface area contributed by atoms with Gasteiger partial charge < -0.3 is 5.32 Å². The Morgan fingerprint density at radius 3 is 2.83 bits per heavy atom. The molecule has 1 atom stereocenters. The van der Waals surface area contributed by atoms with Gasteiger partial charge in [0.05, 0.1) is 11.0 Å². The number of hydrogen-bond donors (Lipinski definition) is 2. The molecule has 2 aromatic rings. The molecule has 1 aromatic carbocycles. The molecule has 0 radical (unpaired) electrons. The van der Waals surface area contributed by atoms with Crippen molar-refractivity contribution >= 4 is 11.4 Å². The molecular weight excluding hydrogens is 236 g/mol. The Morgan fingerprint density at radius 2 is 2.28 bits per heavy atom. The fourth-order valence-corrected chi connectivity index (χ4v) is 1.62. The Bertz CT molecular complexity index is 554. The van der Waals surface area contributed by atoms with Crippen LogP contribution >= 0.6 is 0 Å². The van der Waals surface area contributed by atoms with E-state index >= 15 is 0 Å². The van der Waals surface area contributed by atoms with Gasteiger partial charge in [-0.2, -0.15) is 5.21 Å². The Balaban J connectivity index is 2.15. The van der Waals surface area contributed by atoms with Crippen LogP contribution in [0.25, 0.3) is 0 Å². The van der Waals surface area contributed by atoms with Crippen molar-refractivity contribution in [1.29, 1.82) is 0 Å². The van der Waals surface area contributed by atoms with Gasteiger partial charge in [0.2, 0.25) is 0 Å². The molecule has 0 spiro atoms. The summed E-state index contributed by atoms with van der Waals surface area (Å²) in [5.74, 6) is 0.533. The molecule has 0 aliphatic rings. The molecule has 18 heavy (non-hydrogen) atoms. The minimum atomic E-state index is -0.401. The summed E-state index contributed by atoms with van der Waals surface area (Å²) in [6.45, 7) is 3.57. The second kappa shape index (κ2) is 4.78. The Labute approximate surface area is 103 Å². The zero-order valence-electron chi connectivity index (χ0n) is 9.91. The third-order valence-corrected chi connectivity index (χ3v) is 2.53. The van der Waals surface area contributed by atoms with E-state index in [0.717, 1.165) is 5.69 Å². The van der Waals surface area contributed by atoms with Gasteiger partial charge in [-0.3, -0.25) is 10.1 Å². The minimum absolute atomic E-state index is 0.104. The number of hydrogen-bond acceptors (Lipinski definition) is 6. The Kier molecular flexibility index (Phi) is 3.18. The number of nitro benzene ring substituents is 1. The Morgan fingerprint density at radius 1 is 1.50 bits per heavy atom. The number of nitro groups is 1. The molecule has 8 nitrogen and oxygen atoms in total. The van der Waals surface area contributed by atoms with Crippen LogP contribution in [0, 0.1) is 17.0 Å². The van der Waals surface area contributed by atoms with Crippen molar-refractivity contribution in [3.05, 3.63) is 39.7 Å². The van der Waals surface area contributed by atoms with Crippen LogP contribution in [0.5, 0.6) is 0 Å². The summed E-state index contributed by atoms with van der Waals surface area (Å²) in [5.41, 5.74) is 1.48. The molecule has 0 aliphatic heterocycles. The van der Waals surface area contributed by atoms with Crippen LogP contribution in [0.1, 0.15) is 24.4 Å². The normalized spacial score (nSPS) is 12.1. The highest BCUT2D eigenvalue weighted by atomic mass is 16.6. The first-order chi connectivity index (χ1) is 8.58. The average Bonchev–Trinajstić information content (AvgIpc) is 2.81. The van der Waals surface area contributed by atoms with E-state index in [0.29, 0.717) is 11.4 Å². The van der Waals surface area contributed by atoms with Gasteiger partial charge >= 0.3 is 0 Å². The number of nitrogens with one attached hydrogen (secondary N) is 2. The molecule has 2 N–H and O–H groups in total. The molecule has 0 amide bonds. The van der Waals surface area contributed by atoms with E-state index in [9.17, 15) is 10.1 Å². The van der Waals surface area contributed by atoms with Crippen molar-refractivity contribution < 1.29 is 4.92 Å². The number of aromatic amines is 1. The molecule has 0 fully saturated rings. The number of nitrogens with zero attached hydrogens (tertiary/aromatic N) is 4. The van der Waals surface area contributed by atoms with Gasteiger partial charge in [-0.15, -0.1) is 10.2 Å². The van der Waals surface area contributed by atoms with E-state index in [1.165, 1.54) is 6.07 Å². The number of rotatable bonds is 4. The lowest BCUT2D eigenvalue weighted by Crippen LogP contribution is -2.08. The summed E-state index contributed by atoms with van der Waals surface area (Å²) in [4.78, 5) is 10.3. The van der Waals surface area contributed by atoms with Gasteiger partial charge in [-0.05, 0) is 26.0 Å². The summed E-state index contributed by atoms with van der Waals surface area (Å²) in [6, 6.07) is 4.71. The highest BCUT2D eigenvalue weighted by molar-refractivity contribution is 5.54. The summed E-state index contributed by atoms with van der Waals surface area (Å²) in [6.07, 6.45) is 0. The van der Waals surface area contributed by atoms with E-state index in [4.69, 9.17) is 0 Å². The zero-order chi connectivity index (χ0) is 13.1. The van der Waals surface area contributed by atoms with Gasteiger partial charge in [-0.1, -0.05) is 5.21 Å². The average molecular weight is 248 g/mol. The monoisotopic (exact) mass is 248 g/mol. The Hall–Kier alpha value is -2.51. The van der Waals surface area contributed by atoms with Gasteiger partial charge in [0.25, 0.3) is 5.69 Å². The maximum absolute atomic E-state index is 10.7. The van der Waals surface area contributed by atoms with Gasteiger partial charge in [-0.25, -0.2) is 0 Å². The van der Waals surface area contributed by atoms with Crippen LogP contribution in [0.15, 0.2) is 18.2 Å². The number of aryl methyl sites for hydroxylation is 1. The van der Waals surface area contributed by atoms with Crippen molar-refractivity contribution in [3.8, 4) is 0 Å². The number of tetrazole rings is 1. The number of aromatic nitrogens is 4. The second-order valence-electron chi connectivity index (χ2n) is 3.89. The molecule has 2 rings (SSSR count). The largest absolute Gasteiger partial charge is 0.375 e. The van der Waals surface area contributed by atoms with E-state index in [1.54, 1.807) is 19.1 Å². The molecule has 1 unspecified atom stereocenters. The maximum atomic E-state index is 10.7. The van der Waals surface area contributed by atoms with Crippen LogP contribution < -0.4 is 5.32 Å². The van der Waals surface area contributed by atoms with E-state index in [2.05, 4.69) is 25.9 Å². The number of anilines is 1. The van der Waals surface area contributed by atoms with Crippen molar-refractivity contribution in [2.75, 3.05) is 5.32 Å². The smallest absolute Gasteiger partial charge is 0.272 e. The summed E-state index contributed by atoms with van der Waals surface area (Å²) >= 11 is 0. The SMILES string of the molecule is Cc1cc(NC(C)c2nn[nH]n2)ccc1[N+](=O)[O-]. The minimum Gasteiger partial charge on any atom is -0.375 e. The topological polar surface area (TPSA) is 110 Å². The summed E-state index contributed by atoms with van der Waals surface area (Å²) in [5, 5.41) is 27.4. The van der Waals surface area contributed by atoms with Crippen LogP contribution in [-0.4, -0.2) is 25.5 Å². The highest BCUT2D eigenvalue weighted by Crippen LogP contribution is 2.23. The van der Waals surface area contributed by atoms with Crippen LogP contribution in [0.3, 0.4) is 0 Å². The number of H-pyrrole nitrogens is 1. The van der Waals surface area contributed by atoms with Crippen LogP contribution in [-0.2, 0) is 0 Å². The molecule has 1 heterocycles. The van der Waals surface area contributed by atoms with Crippen molar-refractivity contribution in [2.24, 2.45) is 0 Å². The molecule has 0 aliphatic carbocycles. The van der Waals surface area contributed by atoms with Crippen molar-refractivity contribution in [1.82, 2.24) is 20.6 Å². The molecule has 1 aromatic heterocycles. The lowest BCUT2D eigenvalue weighted by atomic mass is 10.1. The van der Waals surface area contributed by atoms with Crippen LogP contribution in [0.2, 0.25) is 0 Å². The summed E-state index contributed by atoms with van der Waals surface area (Å²) < 4.78 is 0. The highest BCUT2D eigenvalue weighted by Gasteiger charge is 2.13. The molecule has 0 saturated carbocycles. The first-order valence-corrected chi connectivity index (χ1v) is 5.33. The van der Waals surface area contributed by atoms with E-state index < -0.39 is 4.92 Å².